The van der Waals surface area contributed by atoms with E-state index in [-0.39, 0.29) is 12.3 Å². The van der Waals surface area contributed by atoms with Crippen molar-refractivity contribution in [2.75, 3.05) is 0 Å². The Hall–Kier alpha value is -2.62. The molecule has 6 heteroatoms. The second-order valence-electron chi connectivity index (χ2n) is 6.01. The van der Waals surface area contributed by atoms with Crippen LogP contribution in [0.2, 0.25) is 0 Å². The molecule has 3 N–H and O–H groups in total. The van der Waals surface area contributed by atoms with E-state index in [9.17, 15) is 14.7 Å². The maximum Gasteiger partial charge on any atom is 0.305 e. The molecule has 5 nitrogen and oxygen atoms in total. The number of aliphatic hydroxyl groups is 1. The van der Waals surface area contributed by atoms with Crippen LogP contribution in [-0.4, -0.2) is 27.7 Å². The van der Waals surface area contributed by atoms with Gasteiger partial charge in [-0.1, -0.05) is 42.2 Å². The third-order valence-electron chi connectivity index (χ3n) is 3.21. The highest BCUT2D eigenvalue weighted by atomic mass is 32.1. The second kappa shape index (κ2) is 7.97. The first-order valence-corrected chi connectivity index (χ1v) is 8.49. The Bertz CT molecular complexity index is 809. The van der Waals surface area contributed by atoms with Gasteiger partial charge in [0.15, 0.2) is 0 Å². The van der Waals surface area contributed by atoms with E-state index < -0.39 is 17.6 Å². The second-order valence-corrected chi connectivity index (χ2v) is 7.09. The third-order valence-corrected chi connectivity index (χ3v) is 4.21. The molecular formula is C19H19NO4S. The number of carboxylic acids is 1. The summed E-state index contributed by atoms with van der Waals surface area (Å²) in [5.74, 6) is 4.17. The van der Waals surface area contributed by atoms with E-state index in [1.165, 1.54) is 11.3 Å². The predicted octanol–water partition coefficient (Wildman–Crippen LogP) is 2.82. The minimum atomic E-state index is -1.10. The van der Waals surface area contributed by atoms with Gasteiger partial charge in [-0.3, -0.25) is 9.59 Å². The molecule has 1 amide bonds. The van der Waals surface area contributed by atoms with Crippen molar-refractivity contribution in [3.63, 3.8) is 0 Å². The van der Waals surface area contributed by atoms with Crippen molar-refractivity contribution in [3.8, 4) is 11.8 Å². The highest BCUT2D eigenvalue weighted by molar-refractivity contribution is 7.14. The lowest BCUT2D eigenvalue weighted by molar-refractivity contribution is -0.137. The van der Waals surface area contributed by atoms with Crippen molar-refractivity contribution >= 4 is 23.2 Å². The maximum absolute atomic E-state index is 12.4. The Balaban J connectivity index is 2.14. The van der Waals surface area contributed by atoms with Crippen LogP contribution in [0.3, 0.4) is 0 Å². The monoisotopic (exact) mass is 357 g/mol. The fraction of sp³-hybridized carbons (Fsp3) is 0.263. The minimum Gasteiger partial charge on any atom is -0.481 e. The van der Waals surface area contributed by atoms with E-state index in [0.717, 1.165) is 5.56 Å². The quantitative estimate of drug-likeness (QED) is 0.718. The van der Waals surface area contributed by atoms with Gasteiger partial charge in [-0.15, -0.1) is 11.3 Å². The zero-order valence-electron chi connectivity index (χ0n) is 13.9. The largest absolute Gasteiger partial charge is 0.481 e. The average Bonchev–Trinajstić information content (AvgIpc) is 3.01. The van der Waals surface area contributed by atoms with Crippen LogP contribution in [0.5, 0.6) is 0 Å². The Morgan fingerprint density at radius 1 is 1.20 bits per heavy atom. The molecule has 130 valence electrons. The number of carboxylic acid groups (broad SMARTS) is 1. The molecule has 0 saturated carbocycles. The third kappa shape index (κ3) is 6.07. The number of hydrogen-bond acceptors (Lipinski definition) is 4. The molecule has 1 aromatic heterocycles. The van der Waals surface area contributed by atoms with Crippen LogP contribution in [0.1, 0.15) is 46.4 Å². The Morgan fingerprint density at radius 2 is 1.88 bits per heavy atom. The topological polar surface area (TPSA) is 86.6 Å². The number of amides is 1. The molecule has 1 atom stereocenters. The summed E-state index contributed by atoms with van der Waals surface area (Å²) in [6.45, 7) is 3.16. The van der Waals surface area contributed by atoms with Crippen molar-refractivity contribution < 1.29 is 19.8 Å². The molecule has 1 unspecified atom stereocenters. The molecule has 0 radical (unpaired) electrons. The number of hydrogen-bond donors (Lipinski definition) is 3. The SMILES string of the molecule is CC(C)(O)C#Cc1ccc(C(=O)NC(CC(=O)O)c2ccccc2)s1. The average molecular weight is 357 g/mol. The summed E-state index contributed by atoms with van der Waals surface area (Å²) in [6.07, 6.45) is -0.202. The van der Waals surface area contributed by atoms with Crippen molar-refractivity contribution in [2.45, 2.75) is 31.9 Å². The molecular weight excluding hydrogens is 338 g/mol. The molecule has 1 aromatic carbocycles. The zero-order chi connectivity index (χ0) is 18.4. The summed E-state index contributed by atoms with van der Waals surface area (Å²) < 4.78 is 0. The van der Waals surface area contributed by atoms with Gasteiger partial charge in [-0.25, -0.2) is 0 Å². The summed E-state index contributed by atoms with van der Waals surface area (Å²) in [5.41, 5.74) is -0.372. The summed E-state index contributed by atoms with van der Waals surface area (Å²) in [6, 6.07) is 11.7. The van der Waals surface area contributed by atoms with Gasteiger partial charge in [-0.05, 0) is 31.5 Å². The predicted molar refractivity (Wildman–Crippen MR) is 96.4 cm³/mol. The van der Waals surface area contributed by atoms with Crippen molar-refractivity contribution in [2.24, 2.45) is 0 Å². The van der Waals surface area contributed by atoms with E-state index in [1.54, 1.807) is 50.2 Å². The molecule has 2 rings (SSSR count). The molecule has 25 heavy (non-hydrogen) atoms. The highest BCUT2D eigenvalue weighted by Gasteiger charge is 2.19. The van der Waals surface area contributed by atoms with Gasteiger partial charge in [0.1, 0.15) is 5.60 Å². The van der Waals surface area contributed by atoms with Gasteiger partial charge in [0, 0.05) is 0 Å². The van der Waals surface area contributed by atoms with E-state index in [1.807, 2.05) is 6.07 Å². The summed E-state index contributed by atoms with van der Waals surface area (Å²) in [5, 5.41) is 21.5. The molecule has 0 aliphatic rings. The smallest absolute Gasteiger partial charge is 0.305 e. The van der Waals surface area contributed by atoms with Crippen LogP contribution < -0.4 is 5.32 Å². The van der Waals surface area contributed by atoms with Crippen LogP contribution >= 0.6 is 11.3 Å². The maximum atomic E-state index is 12.4. The first-order valence-electron chi connectivity index (χ1n) is 7.67. The van der Waals surface area contributed by atoms with Crippen LogP contribution in [0, 0.1) is 11.8 Å². The number of carbonyl (C=O) groups excluding carboxylic acids is 1. The number of thiophene rings is 1. The lowest BCUT2D eigenvalue weighted by atomic mass is 10.0. The molecule has 2 aromatic rings. The zero-order valence-corrected chi connectivity index (χ0v) is 14.8. The molecule has 0 aliphatic carbocycles. The van der Waals surface area contributed by atoms with E-state index in [2.05, 4.69) is 17.2 Å². The summed E-state index contributed by atoms with van der Waals surface area (Å²) in [4.78, 5) is 24.6. The van der Waals surface area contributed by atoms with Crippen molar-refractivity contribution in [1.82, 2.24) is 5.32 Å². The summed E-state index contributed by atoms with van der Waals surface area (Å²) >= 11 is 1.19. The summed E-state index contributed by atoms with van der Waals surface area (Å²) in [7, 11) is 0. The van der Waals surface area contributed by atoms with Gasteiger partial charge in [0.25, 0.3) is 5.91 Å². The fourth-order valence-corrected chi connectivity index (χ4v) is 2.85. The number of carbonyl (C=O) groups is 2. The molecule has 0 saturated heterocycles. The standard InChI is InChI=1S/C19H19NO4S/c1-19(2,24)11-10-14-8-9-16(25-14)18(23)20-15(12-17(21)22)13-6-4-3-5-7-13/h3-9,15,24H,12H2,1-2H3,(H,20,23)(H,21,22). The van der Waals surface area contributed by atoms with E-state index >= 15 is 0 Å². The molecule has 0 spiro atoms. The van der Waals surface area contributed by atoms with Gasteiger partial charge >= 0.3 is 5.97 Å². The van der Waals surface area contributed by atoms with Gasteiger partial charge in [-0.2, -0.15) is 0 Å². The van der Waals surface area contributed by atoms with Crippen LogP contribution in [0.4, 0.5) is 0 Å². The van der Waals surface area contributed by atoms with Crippen LogP contribution in [0.25, 0.3) is 0 Å². The Morgan fingerprint density at radius 3 is 2.48 bits per heavy atom. The van der Waals surface area contributed by atoms with E-state index in [0.29, 0.717) is 9.75 Å². The number of aliphatic carboxylic acids is 1. The first-order chi connectivity index (χ1) is 11.7. The fourth-order valence-electron chi connectivity index (χ4n) is 2.08. The van der Waals surface area contributed by atoms with Crippen LogP contribution in [0.15, 0.2) is 42.5 Å². The van der Waals surface area contributed by atoms with Gasteiger partial charge in [0.2, 0.25) is 0 Å². The Labute approximate surface area is 150 Å². The molecule has 0 aliphatic heterocycles. The lowest BCUT2D eigenvalue weighted by Gasteiger charge is -2.16. The number of nitrogens with one attached hydrogen (secondary N) is 1. The molecule has 0 fully saturated rings. The molecule has 0 bridgehead atoms. The highest BCUT2D eigenvalue weighted by Crippen LogP contribution is 2.20. The van der Waals surface area contributed by atoms with E-state index in [4.69, 9.17) is 5.11 Å². The normalized spacial score (nSPS) is 12.0. The lowest BCUT2D eigenvalue weighted by Crippen LogP contribution is -2.29. The van der Waals surface area contributed by atoms with Gasteiger partial charge in [0.05, 0.1) is 22.2 Å². The number of benzene rings is 1. The minimum absolute atomic E-state index is 0.202. The Kier molecular flexibility index (Phi) is 5.97. The van der Waals surface area contributed by atoms with Crippen molar-refractivity contribution in [1.29, 1.82) is 0 Å². The van der Waals surface area contributed by atoms with Gasteiger partial charge < -0.3 is 15.5 Å². The molecule has 1 heterocycles. The first kappa shape index (κ1) is 18.7. The van der Waals surface area contributed by atoms with Crippen molar-refractivity contribution in [3.05, 3.63) is 57.8 Å². The van der Waals surface area contributed by atoms with Crippen LogP contribution in [-0.2, 0) is 4.79 Å². The number of rotatable bonds is 5.